The minimum Gasteiger partial charge on any atom is -0.480 e. The van der Waals surface area contributed by atoms with Gasteiger partial charge in [0.1, 0.15) is 5.03 Å². The molecule has 1 atom stereocenters. The standard InChI is InChI=1S/C13H7Cl3F5N3OS/c1-25-11-9(16)8(4-22)24(26-12(17)18)23(11)10-6(14)2-5(3-7(10)15)13(19,20)21/h2-3,8,12H,1H3. The molecule has 142 valence electrons. The zero-order chi connectivity index (χ0) is 19.8. The van der Waals surface area contributed by atoms with Crippen LogP contribution in [0.3, 0.4) is 0 Å². The summed E-state index contributed by atoms with van der Waals surface area (Å²) < 4.78 is 70.3. The van der Waals surface area contributed by atoms with Gasteiger partial charge in [0.25, 0.3) is 5.76 Å². The van der Waals surface area contributed by atoms with Crippen molar-refractivity contribution in [2.75, 3.05) is 12.1 Å². The van der Waals surface area contributed by atoms with Crippen molar-refractivity contribution in [1.82, 2.24) is 4.41 Å². The van der Waals surface area contributed by atoms with E-state index in [1.807, 2.05) is 0 Å². The van der Waals surface area contributed by atoms with Crippen LogP contribution in [0, 0.1) is 11.3 Å². The first kappa shape index (κ1) is 21.2. The van der Waals surface area contributed by atoms with Crippen LogP contribution in [-0.2, 0) is 10.9 Å². The normalized spacial score (nSPS) is 18.7. The number of alkyl halides is 5. The molecule has 4 nitrogen and oxygen atoms in total. The maximum atomic E-state index is 12.9. The molecule has 0 aliphatic carbocycles. The number of rotatable bonds is 4. The minimum absolute atomic E-state index is 0.0945. The lowest BCUT2D eigenvalue weighted by Gasteiger charge is -2.32. The Morgan fingerprint density at radius 3 is 2.15 bits per heavy atom. The van der Waals surface area contributed by atoms with Gasteiger partial charge in [-0.2, -0.15) is 27.2 Å². The van der Waals surface area contributed by atoms with E-state index in [1.165, 1.54) is 0 Å². The Labute approximate surface area is 163 Å². The number of anilines is 1. The number of nitrogens with zero attached hydrogens (tertiary/aromatic N) is 3. The SMILES string of the molecule is COC1=C(Cl)C(C#N)N(SC(F)F)N1c1c(Cl)cc(C(F)(F)F)cc1Cl. The fourth-order valence-corrected chi connectivity index (χ4v) is 3.82. The quantitative estimate of drug-likeness (QED) is 0.420. The molecule has 1 aliphatic heterocycles. The molecule has 0 spiro atoms. The summed E-state index contributed by atoms with van der Waals surface area (Å²) in [5.74, 6) is -3.24. The lowest BCUT2D eigenvalue weighted by molar-refractivity contribution is -0.137. The number of hydrogen-bond donors (Lipinski definition) is 0. The lowest BCUT2D eigenvalue weighted by atomic mass is 10.2. The predicted molar refractivity (Wildman–Crippen MR) is 88.7 cm³/mol. The molecule has 13 heteroatoms. The molecule has 0 amide bonds. The molecule has 0 radical (unpaired) electrons. The maximum absolute atomic E-state index is 12.9. The Kier molecular flexibility index (Phi) is 6.40. The van der Waals surface area contributed by atoms with Crippen molar-refractivity contribution in [1.29, 1.82) is 5.26 Å². The van der Waals surface area contributed by atoms with Crippen LogP contribution in [0.1, 0.15) is 5.56 Å². The fourth-order valence-electron chi connectivity index (χ4n) is 2.13. The molecule has 2 rings (SSSR count). The molecular formula is C13H7Cl3F5N3OS. The minimum atomic E-state index is -4.72. The maximum Gasteiger partial charge on any atom is 0.416 e. The zero-order valence-electron chi connectivity index (χ0n) is 12.5. The Morgan fingerprint density at radius 2 is 1.77 bits per heavy atom. The van der Waals surface area contributed by atoms with Crippen molar-refractivity contribution >= 4 is 52.4 Å². The van der Waals surface area contributed by atoms with Crippen LogP contribution in [0.15, 0.2) is 23.0 Å². The summed E-state index contributed by atoms with van der Waals surface area (Å²) in [6.45, 7) is 0. The van der Waals surface area contributed by atoms with E-state index >= 15 is 0 Å². The van der Waals surface area contributed by atoms with Gasteiger partial charge in [-0.1, -0.05) is 34.8 Å². The molecule has 0 bridgehead atoms. The average molecular weight is 455 g/mol. The van der Waals surface area contributed by atoms with Crippen molar-refractivity contribution in [3.63, 3.8) is 0 Å². The topological polar surface area (TPSA) is 39.5 Å². The van der Waals surface area contributed by atoms with Crippen molar-refractivity contribution in [3.8, 4) is 6.07 Å². The van der Waals surface area contributed by atoms with E-state index in [1.54, 1.807) is 6.07 Å². The van der Waals surface area contributed by atoms with Crippen LogP contribution in [-0.4, -0.2) is 23.3 Å². The number of benzene rings is 1. The Balaban J connectivity index is 2.65. The number of hydrazine groups is 1. The molecule has 26 heavy (non-hydrogen) atoms. The van der Waals surface area contributed by atoms with Crippen molar-refractivity contribution < 1.29 is 26.7 Å². The largest absolute Gasteiger partial charge is 0.480 e. The van der Waals surface area contributed by atoms with E-state index in [0.29, 0.717) is 12.1 Å². The number of hydrogen-bond acceptors (Lipinski definition) is 5. The molecule has 1 aromatic rings. The van der Waals surface area contributed by atoms with E-state index in [9.17, 15) is 27.2 Å². The molecule has 0 saturated carbocycles. The van der Waals surface area contributed by atoms with Crippen molar-refractivity contribution in [3.05, 3.63) is 38.7 Å². The van der Waals surface area contributed by atoms with Gasteiger partial charge >= 0.3 is 6.18 Å². The first-order chi connectivity index (χ1) is 12.0. The fraction of sp³-hybridized carbons (Fsp3) is 0.308. The van der Waals surface area contributed by atoms with Gasteiger partial charge in [-0.25, -0.2) is 5.01 Å². The van der Waals surface area contributed by atoms with E-state index in [-0.39, 0.29) is 28.6 Å². The third kappa shape index (κ3) is 3.92. The van der Waals surface area contributed by atoms with E-state index in [2.05, 4.69) is 0 Å². The van der Waals surface area contributed by atoms with Gasteiger partial charge in [-0.3, -0.25) is 0 Å². The highest BCUT2D eigenvalue weighted by Gasteiger charge is 2.45. The molecule has 1 aliphatic rings. The van der Waals surface area contributed by atoms with E-state index in [4.69, 9.17) is 39.5 Å². The average Bonchev–Trinajstić information content (AvgIpc) is 2.76. The Hall–Kier alpha value is -1.12. The van der Waals surface area contributed by atoms with Crippen LogP contribution < -0.4 is 5.01 Å². The Morgan fingerprint density at radius 1 is 1.23 bits per heavy atom. The summed E-state index contributed by atoms with van der Waals surface area (Å²) >= 11 is 17.8. The summed E-state index contributed by atoms with van der Waals surface area (Å²) in [5.41, 5.74) is -1.42. The van der Waals surface area contributed by atoms with Crippen LogP contribution in [0.25, 0.3) is 0 Å². The smallest absolute Gasteiger partial charge is 0.416 e. The number of halogens is 8. The van der Waals surface area contributed by atoms with Crippen LogP contribution in [0.5, 0.6) is 0 Å². The summed E-state index contributed by atoms with van der Waals surface area (Å²) in [5, 5.41) is 8.82. The third-order valence-corrected chi connectivity index (χ3v) is 4.81. The summed E-state index contributed by atoms with van der Waals surface area (Å²) in [6, 6.07) is 1.47. The number of nitriles is 1. The van der Waals surface area contributed by atoms with Gasteiger partial charge in [0.05, 0.1) is 34.5 Å². The van der Waals surface area contributed by atoms with Gasteiger partial charge in [-0.05, 0) is 12.1 Å². The summed E-state index contributed by atoms with van der Waals surface area (Å²) in [6.07, 6.45) is -4.72. The van der Waals surface area contributed by atoms with Crippen LogP contribution >= 0.6 is 46.8 Å². The Bertz CT molecular complexity index is 760. The summed E-state index contributed by atoms with van der Waals surface area (Å²) in [7, 11) is 1.14. The van der Waals surface area contributed by atoms with Gasteiger partial charge < -0.3 is 4.74 Å². The molecule has 0 fully saturated rings. The van der Waals surface area contributed by atoms with Gasteiger partial charge in [0.2, 0.25) is 5.88 Å². The second-order valence-electron chi connectivity index (χ2n) is 4.66. The second kappa shape index (κ2) is 7.86. The zero-order valence-corrected chi connectivity index (χ0v) is 15.6. The first-order valence-corrected chi connectivity index (χ1v) is 8.43. The van der Waals surface area contributed by atoms with Gasteiger partial charge in [0, 0.05) is 11.9 Å². The highest BCUT2D eigenvalue weighted by Crippen LogP contribution is 2.48. The molecule has 1 unspecified atom stereocenters. The molecule has 0 N–H and O–H groups in total. The molecular weight excluding hydrogens is 448 g/mol. The van der Waals surface area contributed by atoms with Crippen molar-refractivity contribution in [2.24, 2.45) is 0 Å². The summed E-state index contributed by atoms with van der Waals surface area (Å²) in [4.78, 5) is 0. The van der Waals surface area contributed by atoms with Gasteiger partial charge in [0.15, 0.2) is 6.04 Å². The first-order valence-electron chi connectivity index (χ1n) is 6.46. The van der Waals surface area contributed by atoms with E-state index in [0.717, 1.165) is 16.5 Å². The number of methoxy groups -OCH3 is 1. The molecule has 1 aromatic carbocycles. The highest BCUT2D eigenvalue weighted by molar-refractivity contribution is 7.97. The monoisotopic (exact) mass is 453 g/mol. The lowest BCUT2D eigenvalue weighted by Crippen LogP contribution is -2.38. The van der Waals surface area contributed by atoms with E-state index < -0.39 is 33.6 Å². The van der Waals surface area contributed by atoms with Gasteiger partial charge in [-0.15, -0.1) is 4.41 Å². The molecule has 0 aromatic heterocycles. The third-order valence-electron chi connectivity index (χ3n) is 3.11. The van der Waals surface area contributed by atoms with Crippen molar-refractivity contribution in [2.45, 2.75) is 18.0 Å². The predicted octanol–water partition coefficient (Wildman–Crippen LogP) is 5.87. The van der Waals surface area contributed by atoms with Crippen LogP contribution in [0.2, 0.25) is 10.0 Å². The highest BCUT2D eigenvalue weighted by atomic mass is 35.5. The van der Waals surface area contributed by atoms with Crippen LogP contribution in [0.4, 0.5) is 27.6 Å². The number of ether oxygens (including phenoxy) is 1. The second-order valence-corrected chi connectivity index (χ2v) is 6.82. The molecule has 0 saturated heterocycles. The molecule has 1 heterocycles.